The summed E-state index contributed by atoms with van der Waals surface area (Å²) in [5, 5.41) is 0.905. The molecule has 2 aliphatic rings. The highest BCUT2D eigenvalue weighted by Crippen LogP contribution is 2.38. The first-order valence-electron chi connectivity index (χ1n) is 11.8. The zero-order chi connectivity index (χ0) is 23.0. The van der Waals surface area contributed by atoms with E-state index in [2.05, 4.69) is 11.5 Å². The number of hydrogen-bond donors (Lipinski definition) is 0. The molecule has 0 spiro atoms. The van der Waals surface area contributed by atoms with Crippen molar-refractivity contribution in [3.8, 4) is 0 Å². The van der Waals surface area contributed by atoms with E-state index in [4.69, 9.17) is 4.98 Å². The van der Waals surface area contributed by atoms with Crippen molar-refractivity contribution in [2.45, 2.75) is 67.3 Å². The van der Waals surface area contributed by atoms with Gasteiger partial charge in [0.1, 0.15) is 5.82 Å². The van der Waals surface area contributed by atoms with Crippen LogP contribution in [0.1, 0.15) is 57.1 Å². The fourth-order valence-electron chi connectivity index (χ4n) is 5.08. The van der Waals surface area contributed by atoms with E-state index in [-0.39, 0.29) is 5.82 Å². The van der Waals surface area contributed by atoms with Crippen LogP contribution in [0.5, 0.6) is 0 Å². The van der Waals surface area contributed by atoms with Crippen molar-refractivity contribution in [2.75, 3.05) is 13.1 Å². The molecule has 0 radical (unpaired) electrons. The van der Waals surface area contributed by atoms with E-state index in [9.17, 15) is 12.8 Å². The van der Waals surface area contributed by atoms with Gasteiger partial charge in [0, 0.05) is 24.9 Å². The predicted molar refractivity (Wildman–Crippen MR) is 130 cm³/mol. The summed E-state index contributed by atoms with van der Waals surface area (Å²) >= 11 is 1.63. The van der Waals surface area contributed by atoms with Gasteiger partial charge in [-0.1, -0.05) is 43.7 Å². The Hall–Kier alpha value is -1.90. The summed E-state index contributed by atoms with van der Waals surface area (Å²) in [6.45, 7) is 3.27. The summed E-state index contributed by atoms with van der Waals surface area (Å²) in [7, 11) is -3.53. The molecular formula is C25H30FN3O2S2. The van der Waals surface area contributed by atoms with Crippen molar-refractivity contribution in [1.82, 2.24) is 13.9 Å². The second-order valence-corrected chi connectivity index (χ2v) is 12.3. The van der Waals surface area contributed by atoms with Gasteiger partial charge in [-0.3, -0.25) is 0 Å². The van der Waals surface area contributed by atoms with Gasteiger partial charge < -0.3 is 4.57 Å². The topological polar surface area (TPSA) is 55.2 Å². The minimum absolute atomic E-state index is 0.237. The average Bonchev–Trinajstić information content (AvgIpc) is 3.45. The third kappa shape index (κ3) is 4.70. The maximum Gasteiger partial charge on any atom is 0.243 e. The molecule has 8 heteroatoms. The zero-order valence-corrected chi connectivity index (χ0v) is 20.5. The molecule has 2 aromatic carbocycles. The molecule has 0 amide bonds. The number of sulfonamides is 1. The van der Waals surface area contributed by atoms with Gasteiger partial charge in [0.25, 0.3) is 0 Å². The number of rotatable bonds is 6. The summed E-state index contributed by atoms with van der Waals surface area (Å²) < 4.78 is 43.8. The summed E-state index contributed by atoms with van der Waals surface area (Å²) in [6.07, 6.45) is 6.61. The van der Waals surface area contributed by atoms with E-state index < -0.39 is 10.0 Å². The van der Waals surface area contributed by atoms with Gasteiger partial charge in [0.2, 0.25) is 10.0 Å². The summed E-state index contributed by atoms with van der Waals surface area (Å²) in [5.74, 6) is 0.833. The molecule has 1 atom stereocenters. The summed E-state index contributed by atoms with van der Waals surface area (Å²) in [6, 6.07) is 12.4. The molecule has 5 rings (SSSR count). The number of thioether (sulfide) groups is 1. The van der Waals surface area contributed by atoms with Crippen molar-refractivity contribution >= 4 is 32.8 Å². The normalized spacial score (nSPS) is 20.6. The molecule has 33 heavy (non-hydrogen) atoms. The molecule has 1 aliphatic carbocycles. The van der Waals surface area contributed by atoms with Crippen molar-refractivity contribution in [2.24, 2.45) is 5.92 Å². The third-order valence-corrected chi connectivity index (χ3v) is 9.74. The number of hydrogen-bond acceptors (Lipinski definition) is 4. The highest BCUT2D eigenvalue weighted by Gasteiger charge is 2.30. The number of nitrogens with zero attached hydrogens (tertiary/aromatic N) is 3. The van der Waals surface area contributed by atoms with Crippen LogP contribution in [-0.4, -0.2) is 35.4 Å². The Morgan fingerprint density at radius 2 is 1.82 bits per heavy atom. The molecule has 5 nitrogen and oxygen atoms in total. The second-order valence-electron chi connectivity index (χ2n) is 9.38. The molecule has 2 heterocycles. The van der Waals surface area contributed by atoms with Crippen LogP contribution >= 0.6 is 11.8 Å². The number of halogens is 1. The zero-order valence-electron chi connectivity index (χ0n) is 18.9. The van der Waals surface area contributed by atoms with Gasteiger partial charge in [-0.25, -0.2) is 17.8 Å². The molecule has 1 saturated carbocycles. The van der Waals surface area contributed by atoms with Crippen molar-refractivity contribution in [3.63, 3.8) is 0 Å². The van der Waals surface area contributed by atoms with Crippen LogP contribution in [0, 0.1) is 11.7 Å². The minimum atomic E-state index is -3.53. The molecule has 3 aromatic rings. The van der Waals surface area contributed by atoms with Crippen LogP contribution in [0.4, 0.5) is 4.39 Å². The van der Waals surface area contributed by atoms with Crippen LogP contribution in [0.3, 0.4) is 0 Å². The fraction of sp³-hybridized carbons (Fsp3) is 0.480. The Labute approximate surface area is 199 Å². The lowest BCUT2D eigenvalue weighted by molar-refractivity contribution is 0.281. The molecular weight excluding hydrogens is 457 g/mol. The molecule has 1 saturated heterocycles. The van der Waals surface area contributed by atoms with Crippen LogP contribution in [-0.2, 0) is 15.8 Å². The quantitative estimate of drug-likeness (QED) is 0.400. The maximum atomic E-state index is 13.3. The van der Waals surface area contributed by atoms with Crippen LogP contribution in [0.25, 0.3) is 11.0 Å². The van der Waals surface area contributed by atoms with Crippen molar-refractivity contribution < 1.29 is 12.8 Å². The van der Waals surface area contributed by atoms with Gasteiger partial charge in [0.05, 0.1) is 15.9 Å². The molecule has 1 aromatic heterocycles. The fourth-order valence-corrected chi connectivity index (χ4v) is 7.73. The van der Waals surface area contributed by atoms with E-state index in [1.165, 1.54) is 25.0 Å². The monoisotopic (exact) mass is 487 g/mol. The largest absolute Gasteiger partial charge is 0.316 e. The highest BCUT2D eigenvalue weighted by molar-refractivity contribution is 7.98. The predicted octanol–water partition coefficient (Wildman–Crippen LogP) is 6.00. The van der Waals surface area contributed by atoms with Crippen LogP contribution < -0.4 is 0 Å². The molecule has 1 aliphatic heterocycles. The second kappa shape index (κ2) is 9.39. The van der Waals surface area contributed by atoms with E-state index in [0.29, 0.717) is 35.7 Å². The van der Waals surface area contributed by atoms with Gasteiger partial charge in [-0.05, 0) is 67.5 Å². The number of imidazole rings is 1. The molecule has 2 fully saturated rings. The van der Waals surface area contributed by atoms with E-state index >= 15 is 0 Å². The summed E-state index contributed by atoms with van der Waals surface area (Å²) in [4.78, 5) is 5.22. The Morgan fingerprint density at radius 1 is 1.06 bits per heavy atom. The van der Waals surface area contributed by atoms with Gasteiger partial charge in [-0.2, -0.15) is 4.31 Å². The van der Waals surface area contributed by atoms with Gasteiger partial charge >= 0.3 is 0 Å². The first-order valence-corrected chi connectivity index (χ1v) is 14.2. The van der Waals surface area contributed by atoms with Crippen LogP contribution in [0.2, 0.25) is 0 Å². The van der Waals surface area contributed by atoms with Crippen molar-refractivity contribution in [1.29, 1.82) is 0 Å². The van der Waals surface area contributed by atoms with E-state index in [1.54, 1.807) is 40.3 Å². The first kappa shape index (κ1) is 22.9. The molecule has 176 valence electrons. The Bertz CT molecular complexity index is 1230. The van der Waals surface area contributed by atoms with E-state index in [0.717, 1.165) is 47.4 Å². The number of fused-ring (bicyclic) bond motifs is 1. The number of benzene rings is 2. The number of piperidine rings is 1. The highest BCUT2D eigenvalue weighted by atomic mass is 32.2. The lowest BCUT2D eigenvalue weighted by atomic mass is 10.0. The first-order chi connectivity index (χ1) is 15.9. The smallest absolute Gasteiger partial charge is 0.243 e. The Kier molecular flexibility index (Phi) is 6.51. The third-order valence-electron chi connectivity index (χ3n) is 6.86. The SMILES string of the molecule is C[C@@H]1CCCN(S(=O)(=O)c2ccc3c(c2)nc(SCc2ccc(F)cc2)n3C2CCCC2)C1. The lowest BCUT2D eigenvalue weighted by Crippen LogP contribution is -2.39. The Morgan fingerprint density at radius 3 is 2.55 bits per heavy atom. The van der Waals surface area contributed by atoms with Crippen LogP contribution in [0.15, 0.2) is 52.5 Å². The van der Waals surface area contributed by atoms with E-state index in [1.807, 2.05) is 6.07 Å². The molecule has 0 N–H and O–H groups in total. The standard InChI is InChI=1S/C25H30FN3O2S2/c1-18-5-4-14-28(16-18)33(30,31)22-12-13-24-23(15-22)27-25(29(24)21-6-2-3-7-21)32-17-19-8-10-20(26)11-9-19/h8-13,15,18,21H,2-7,14,16-17H2,1H3/t18-/m1/s1. The lowest BCUT2D eigenvalue weighted by Gasteiger charge is -2.30. The number of aromatic nitrogens is 2. The minimum Gasteiger partial charge on any atom is -0.316 e. The van der Waals surface area contributed by atoms with Gasteiger partial charge in [0.15, 0.2) is 5.16 Å². The maximum absolute atomic E-state index is 13.3. The van der Waals surface area contributed by atoms with Gasteiger partial charge in [-0.15, -0.1) is 0 Å². The molecule has 0 unspecified atom stereocenters. The summed E-state index contributed by atoms with van der Waals surface area (Å²) in [5.41, 5.74) is 2.76. The Balaban J connectivity index is 1.48. The average molecular weight is 488 g/mol. The molecule has 0 bridgehead atoms. The van der Waals surface area contributed by atoms with Crippen molar-refractivity contribution in [3.05, 3.63) is 53.8 Å².